The van der Waals surface area contributed by atoms with Crippen molar-refractivity contribution in [3.63, 3.8) is 0 Å². The van der Waals surface area contributed by atoms with Crippen molar-refractivity contribution in [2.24, 2.45) is 0 Å². The van der Waals surface area contributed by atoms with Crippen molar-refractivity contribution in [2.45, 2.75) is 32.1 Å². The molecule has 4 rings (SSSR count). The first-order valence-corrected chi connectivity index (χ1v) is 8.04. The van der Waals surface area contributed by atoms with Gasteiger partial charge in [0, 0.05) is 17.5 Å². The van der Waals surface area contributed by atoms with E-state index in [1.165, 1.54) is 17.7 Å². The third-order valence-corrected chi connectivity index (χ3v) is 4.76. The van der Waals surface area contributed by atoms with Crippen molar-refractivity contribution in [2.75, 3.05) is 0 Å². The van der Waals surface area contributed by atoms with Gasteiger partial charge in [0.05, 0.1) is 12.2 Å². The van der Waals surface area contributed by atoms with Crippen molar-refractivity contribution < 1.29 is 4.42 Å². The molecule has 2 heterocycles. The summed E-state index contributed by atoms with van der Waals surface area (Å²) in [7, 11) is 0. The van der Waals surface area contributed by atoms with E-state index in [4.69, 9.17) is 4.42 Å². The smallest absolute Gasteiger partial charge is 0.408 e. The zero-order valence-electron chi connectivity index (χ0n) is 11.6. The molecule has 108 valence electrons. The van der Waals surface area contributed by atoms with E-state index < -0.39 is 0 Å². The zero-order valence-corrected chi connectivity index (χ0v) is 12.4. The van der Waals surface area contributed by atoms with Crippen LogP contribution in [0.2, 0.25) is 0 Å². The largest absolute Gasteiger partial charge is 0.421 e. The number of aromatic nitrogens is 1. The van der Waals surface area contributed by atoms with Crippen LogP contribution < -0.4 is 5.76 Å². The molecule has 0 N–H and O–H groups in total. The highest BCUT2D eigenvalue weighted by Gasteiger charge is 2.30. The maximum Gasteiger partial charge on any atom is 0.421 e. The molecule has 3 aromatic rings. The van der Waals surface area contributed by atoms with Crippen molar-refractivity contribution in [1.29, 1.82) is 0 Å². The summed E-state index contributed by atoms with van der Waals surface area (Å²) < 4.78 is 7.06. The molecule has 1 saturated carbocycles. The molecule has 0 unspecified atom stereocenters. The summed E-state index contributed by atoms with van der Waals surface area (Å²) in [6.45, 7) is 1.49. The van der Waals surface area contributed by atoms with Gasteiger partial charge in [-0.25, -0.2) is 4.79 Å². The monoisotopic (exact) mass is 300 g/mol. The van der Waals surface area contributed by atoms with Gasteiger partial charge < -0.3 is 4.42 Å². The minimum absolute atomic E-state index is 0.270. The number of fused-ring (bicyclic) bond motifs is 1. The molecule has 2 aromatic heterocycles. The maximum atomic E-state index is 12.1. The second-order valence-corrected chi connectivity index (χ2v) is 6.49. The van der Waals surface area contributed by atoms with Crippen LogP contribution in [0.5, 0.6) is 0 Å². The van der Waals surface area contributed by atoms with E-state index in [0.29, 0.717) is 18.3 Å². The van der Waals surface area contributed by atoms with Gasteiger partial charge in [0.2, 0.25) is 0 Å². The average molecular weight is 300 g/mol. The number of rotatable bonds is 5. The van der Waals surface area contributed by atoms with Gasteiger partial charge >= 0.3 is 5.76 Å². The fraction of sp³-hybridized carbons (Fsp3) is 0.312. The number of para-hydroxylation sites is 2. The third-order valence-electron chi connectivity index (χ3n) is 3.90. The van der Waals surface area contributed by atoms with Gasteiger partial charge in [0.15, 0.2) is 5.58 Å². The number of thiophene rings is 1. The molecular weight excluding hydrogens is 284 g/mol. The number of oxazole rings is 1. The summed E-state index contributed by atoms with van der Waals surface area (Å²) in [5, 5.41) is 2.10. The van der Waals surface area contributed by atoms with Crippen LogP contribution in [-0.4, -0.2) is 15.5 Å². The summed E-state index contributed by atoms with van der Waals surface area (Å²) in [6, 6.07) is 12.4. The van der Waals surface area contributed by atoms with Gasteiger partial charge in [-0.2, -0.15) is 0 Å². The topological polar surface area (TPSA) is 38.4 Å². The van der Waals surface area contributed by atoms with Crippen molar-refractivity contribution in [1.82, 2.24) is 9.47 Å². The third kappa shape index (κ3) is 2.54. The van der Waals surface area contributed by atoms with E-state index in [1.807, 2.05) is 24.3 Å². The molecule has 1 aliphatic rings. The first-order valence-electron chi connectivity index (χ1n) is 7.16. The molecule has 0 bridgehead atoms. The predicted molar refractivity (Wildman–Crippen MR) is 83.4 cm³/mol. The first kappa shape index (κ1) is 12.9. The predicted octanol–water partition coefficient (Wildman–Crippen LogP) is 3.28. The highest BCUT2D eigenvalue weighted by molar-refractivity contribution is 7.09. The van der Waals surface area contributed by atoms with E-state index in [0.717, 1.165) is 12.1 Å². The Labute approximate surface area is 126 Å². The lowest BCUT2D eigenvalue weighted by molar-refractivity contribution is 0.196. The Hall–Kier alpha value is -1.85. The number of nitrogens with zero attached hydrogens (tertiary/aromatic N) is 2. The number of benzene rings is 1. The van der Waals surface area contributed by atoms with Gasteiger partial charge in [-0.1, -0.05) is 18.2 Å². The molecule has 5 heteroatoms. The van der Waals surface area contributed by atoms with E-state index in [2.05, 4.69) is 22.4 Å². The van der Waals surface area contributed by atoms with Crippen LogP contribution in [0.1, 0.15) is 17.7 Å². The highest BCUT2D eigenvalue weighted by Crippen LogP contribution is 2.30. The van der Waals surface area contributed by atoms with E-state index >= 15 is 0 Å². The van der Waals surface area contributed by atoms with Gasteiger partial charge in [-0.15, -0.1) is 11.3 Å². The summed E-state index contributed by atoms with van der Waals surface area (Å²) in [4.78, 5) is 15.8. The van der Waals surface area contributed by atoms with Crippen LogP contribution in [0.15, 0.2) is 51.0 Å². The Morgan fingerprint density at radius 3 is 2.86 bits per heavy atom. The van der Waals surface area contributed by atoms with Gasteiger partial charge in [0.1, 0.15) is 0 Å². The molecular formula is C16H16N2O2S. The first-order chi connectivity index (χ1) is 10.3. The molecule has 0 saturated heterocycles. The lowest BCUT2D eigenvalue weighted by atomic mass is 10.3. The molecule has 0 spiro atoms. The lowest BCUT2D eigenvalue weighted by Gasteiger charge is -2.21. The lowest BCUT2D eigenvalue weighted by Crippen LogP contribution is -2.31. The van der Waals surface area contributed by atoms with Gasteiger partial charge in [-0.3, -0.25) is 9.47 Å². The SMILES string of the molecule is O=c1oc2ccccc2n1CN(Cc1cccs1)C1CC1. The van der Waals surface area contributed by atoms with Gasteiger partial charge in [-0.05, 0) is 36.4 Å². The Kier molecular flexibility index (Phi) is 3.16. The molecule has 1 aliphatic carbocycles. The molecule has 0 atom stereocenters. The van der Waals surface area contributed by atoms with Gasteiger partial charge in [0.25, 0.3) is 0 Å². The van der Waals surface area contributed by atoms with E-state index in [1.54, 1.807) is 15.9 Å². The van der Waals surface area contributed by atoms with E-state index in [-0.39, 0.29) is 5.76 Å². The normalized spacial score (nSPS) is 15.1. The van der Waals surface area contributed by atoms with Crippen LogP contribution in [0.25, 0.3) is 11.1 Å². The van der Waals surface area contributed by atoms with Crippen LogP contribution >= 0.6 is 11.3 Å². The Balaban J connectivity index is 1.65. The van der Waals surface area contributed by atoms with Crippen molar-refractivity contribution in [3.05, 3.63) is 57.2 Å². The number of hydrogen-bond acceptors (Lipinski definition) is 4. The quantitative estimate of drug-likeness (QED) is 0.726. The summed E-state index contributed by atoms with van der Waals surface area (Å²) in [5.74, 6) is -0.270. The molecule has 0 aliphatic heterocycles. The van der Waals surface area contributed by atoms with Crippen molar-refractivity contribution >= 4 is 22.4 Å². The standard InChI is InChI=1S/C16H16N2O2S/c19-16-18(14-5-1-2-6-15(14)20-16)11-17(12-7-8-12)10-13-4-3-9-21-13/h1-6,9,12H,7-8,10-11H2. The van der Waals surface area contributed by atoms with Crippen molar-refractivity contribution in [3.8, 4) is 0 Å². The number of hydrogen-bond donors (Lipinski definition) is 0. The van der Waals surface area contributed by atoms with E-state index in [9.17, 15) is 4.79 Å². The van der Waals surface area contributed by atoms with Crippen LogP contribution in [-0.2, 0) is 13.2 Å². The van der Waals surface area contributed by atoms with Crippen LogP contribution in [0.4, 0.5) is 0 Å². The van der Waals surface area contributed by atoms with Crippen LogP contribution in [0.3, 0.4) is 0 Å². The molecule has 1 fully saturated rings. The Morgan fingerprint density at radius 1 is 1.24 bits per heavy atom. The molecule has 4 nitrogen and oxygen atoms in total. The second-order valence-electron chi connectivity index (χ2n) is 5.46. The fourth-order valence-electron chi connectivity index (χ4n) is 2.67. The average Bonchev–Trinajstić information content (AvgIpc) is 3.12. The molecule has 0 amide bonds. The summed E-state index contributed by atoms with van der Waals surface area (Å²) in [5.41, 5.74) is 1.54. The minimum atomic E-state index is -0.270. The summed E-state index contributed by atoms with van der Waals surface area (Å²) >= 11 is 1.76. The maximum absolute atomic E-state index is 12.1. The summed E-state index contributed by atoms with van der Waals surface area (Å²) in [6.07, 6.45) is 2.44. The molecule has 1 aromatic carbocycles. The minimum Gasteiger partial charge on any atom is -0.408 e. The zero-order chi connectivity index (χ0) is 14.2. The molecule has 21 heavy (non-hydrogen) atoms. The Bertz CT molecular complexity index is 799. The molecule has 0 radical (unpaired) electrons. The Morgan fingerprint density at radius 2 is 2.10 bits per heavy atom. The fourth-order valence-corrected chi connectivity index (χ4v) is 3.40. The highest BCUT2D eigenvalue weighted by atomic mass is 32.1. The van der Waals surface area contributed by atoms with Crippen LogP contribution in [0, 0.1) is 0 Å². The second kappa shape index (κ2) is 5.16.